The molecule has 27 heavy (non-hydrogen) atoms. The van der Waals surface area contributed by atoms with E-state index in [1.165, 1.54) is 16.9 Å². The van der Waals surface area contributed by atoms with E-state index in [0.29, 0.717) is 16.6 Å². The van der Waals surface area contributed by atoms with E-state index in [1.54, 1.807) is 0 Å². The molecule has 3 aromatic rings. The SMILES string of the molecule is Cc1ccc(NC(=O)c2sc3nc4c(cc3c2N)CN(C(C)C)CC4)cc1. The van der Waals surface area contributed by atoms with Gasteiger partial charge in [-0.3, -0.25) is 9.69 Å². The van der Waals surface area contributed by atoms with Crippen molar-refractivity contribution in [2.24, 2.45) is 0 Å². The minimum Gasteiger partial charge on any atom is -0.397 e. The molecule has 1 aliphatic heterocycles. The average Bonchev–Trinajstić information content (AvgIpc) is 2.97. The van der Waals surface area contributed by atoms with Gasteiger partial charge in [-0.25, -0.2) is 4.98 Å². The number of nitrogens with one attached hydrogen (secondary N) is 1. The maximum Gasteiger partial charge on any atom is 0.267 e. The van der Waals surface area contributed by atoms with Crippen LogP contribution in [0.2, 0.25) is 0 Å². The van der Waals surface area contributed by atoms with Gasteiger partial charge in [0, 0.05) is 42.3 Å². The number of carbonyl (C=O) groups is 1. The molecular formula is C21H24N4OS. The first kappa shape index (κ1) is 17.9. The smallest absolute Gasteiger partial charge is 0.267 e. The normalized spacial score (nSPS) is 14.5. The fourth-order valence-corrected chi connectivity index (χ4v) is 4.45. The molecule has 0 saturated heterocycles. The van der Waals surface area contributed by atoms with Crippen LogP contribution in [0.25, 0.3) is 10.2 Å². The van der Waals surface area contributed by atoms with Crippen LogP contribution in [0.3, 0.4) is 0 Å². The molecule has 1 aliphatic rings. The summed E-state index contributed by atoms with van der Waals surface area (Å²) in [6.45, 7) is 8.34. The van der Waals surface area contributed by atoms with Crippen LogP contribution in [-0.2, 0) is 13.0 Å². The van der Waals surface area contributed by atoms with Crippen LogP contribution < -0.4 is 11.1 Å². The van der Waals surface area contributed by atoms with Crippen LogP contribution >= 0.6 is 11.3 Å². The number of carbonyl (C=O) groups excluding carboxylic acids is 1. The van der Waals surface area contributed by atoms with Gasteiger partial charge in [0.05, 0.1) is 5.69 Å². The Labute approximate surface area is 163 Å². The zero-order valence-electron chi connectivity index (χ0n) is 15.9. The number of fused-ring (bicyclic) bond motifs is 2. The lowest BCUT2D eigenvalue weighted by Gasteiger charge is -2.31. The van der Waals surface area contributed by atoms with Crippen molar-refractivity contribution in [1.29, 1.82) is 0 Å². The molecule has 0 bridgehead atoms. The van der Waals surface area contributed by atoms with Gasteiger partial charge in [0.1, 0.15) is 9.71 Å². The zero-order valence-corrected chi connectivity index (χ0v) is 16.7. The van der Waals surface area contributed by atoms with Crippen molar-refractivity contribution in [3.05, 3.63) is 52.0 Å². The predicted octanol–water partition coefficient (Wildman–Crippen LogP) is 4.21. The summed E-state index contributed by atoms with van der Waals surface area (Å²) in [7, 11) is 0. The van der Waals surface area contributed by atoms with Crippen molar-refractivity contribution in [2.75, 3.05) is 17.6 Å². The highest BCUT2D eigenvalue weighted by atomic mass is 32.1. The van der Waals surface area contributed by atoms with E-state index >= 15 is 0 Å². The Hall–Kier alpha value is -2.44. The number of nitrogens with zero attached hydrogens (tertiary/aromatic N) is 2. The van der Waals surface area contributed by atoms with Gasteiger partial charge in [-0.05, 0) is 44.5 Å². The number of nitrogens with two attached hydrogens (primary N) is 1. The van der Waals surface area contributed by atoms with Crippen LogP contribution in [0.4, 0.5) is 11.4 Å². The summed E-state index contributed by atoms with van der Waals surface area (Å²) >= 11 is 1.37. The van der Waals surface area contributed by atoms with Crippen molar-refractivity contribution in [3.8, 4) is 0 Å². The Balaban J connectivity index is 1.66. The fourth-order valence-electron chi connectivity index (χ4n) is 3.45. The molecule has 140 valence electrons. The van der Waals surface area contributed by atoms with E-state index in [2.05, 4.69) is 30.1 Å². The monoisotopic (exact) mass is 380 g/mol. The molecule has 0 unspecified atom stereocenters. The third-order valence-corrected chi connectivity index (χ3v) is 6.26. The number of hydrogen-bond donors (Lipinski definition) is 2. The maximum atomic E-state index is 12.7. The summed E-state index contributed by atoms with van der Waals surface area (Å²) in [5, 5.41) is 3.82. The lowest BCUT2D eigenvalue weighted by Crippen LogP contribution is -2.36. The molecule has 0 radical (unpaired) electrons. The van der Waals surface area contributed by atoms with Crippen molar-refractivity contribution < 1.29 is 4.79 Å². The summed E-state index contributed by atoms with van der Waals surface area (Å²) in [4.78, 5) is 21.4. The predicted molar refractivity (Wildman–Crippen MR) is 112 cm³/mol. The standard InChI is InChI=1S/C21H24N4OS/c1-12(2)25-9-8-17-14(11-25)10-16-18(22)19(27-21(16)24-17)20(26)23-15-6-4-13(3)5-7-15/h4-7,10,12H,8-9,11,22H2,1-3H3,(H,23,26). The lowest BCUT2D eigenvalue weighted by molar-refractivity contribution is 0.103. The van der Waals surface area contributed by atoms with Gasteiger partial charge in [-0.2, -0.15) is 0 Å². The maximum absolute atomic E-state index is 12.7. The quantitative estimate of drug-likeness (QED) is 0.714. The van der Waals surface area contributed by atoms with Crippen LogP contribution in [0.1, 0.15) is 40.3 Å². The number of amides is 1. The second kappa shape index (κ2) is 6.94. The average molecular weight is 381 g/mol. The molecule has 0 fully saturated rings. The molecule has 4 rings (SSSR count). The first-order valence-electron chi connectivity index (χ1n) is 9.25. The molecule has 3 N–H and O–H groups in total. The first-order chi connectivity index (χ1) is 12.9. The van der Waals surface area contributed by atoms with Crippen molar-refractivity contribution in [1.82, 2.24) is 9.88 Å². The van der Waals surface area contributed by atoms with E-state index in [-0.39, 0.29) is 5.91 Å². The Morgan fingerprint density at radius 3 is 2.74 bits per heavy atom. The summed E-state index contributed by atoms with van der Waals surface area (Å²) in [5.74, 6) is -0.180. The second-order valence-electron chi connectivity index (χ2n) is 7.43. The number of thiophene rings is 1. The third kappa shape index (κ3) is 3.42. The topological polar surface area (TPSA) is 71.2 Å². The van der Waals surface area contributed by atoms with Crippen molar-refractivity contribution in [2.45, 2.75) is 39.8 Å². The lowest BCUT2D eigenvalue weighted by atomic mass is 10.0. The van der Waals surface area contributed by atoms with Crippen LogP contribution in [0, 0.1) is 6.92 Å². The Bertz CT molecular complexity index is 1010. The summed E-state index contributed by atoms with van der Waals surface area (Å²) in [5.41, 5.74) is 11.1. The van der Waals surface area contributed by atoms with Gasteiger partial charge in [-0.15, -0.1) is 11.3 Å². The number of hydrogen-bond acceptors (Lipinski definition) is 5. The zero-order chi connectivity index (χ0) is 19.1. The first-order valence-corrected chi connectivity index (χ1v) is 10.1. The largest absolute Gasteiger partial charge is 0.397 e. The highest BCUT2D eigenvalue weighted by molar-refractivity contribution is 7.21. The minimum atomic E-state index is -0.180. The number of aryl methyl sites for hydroxylation is 1. The van der Waals surface area contributed by atoms with Gasteiger partial charge in [-0.1, -0.05) is 17.7 Å². The Kier molecular flexibility index (Phi) is 4.61. The number of nitrogen functional groups attached to an aromatic ring is 1. The molecule has 1 aromatic carbocycles. The van der Waals surface area contributed by atoms with Crippen LogP contribution in [0.15, 0.2) is 30.3 Å². The molecule has 5 nitrogen and oxygen atoms in total. The number of pyridine rings is 1. The third-order valence-electron chi connectivity index (χ3n) is 5.14. The summed E-state index contributed by atoms with van der Waals surface area (Å²) in [6, 6.07) is 10.4. The van der Waals surface area contributed by atoms with Gasteiger partial charge >= 0.3 is 0 Å². The number of rotatable bonds is 3. The Morgan fingerprint density at radius 2 is 2.04 bits per heavy atom. The van der Waals surface area contributed by atoms with Gasteiger partial charge < -0.3 is 11.1 Å². The van der Waals surface area contributed by atoms with E-state index in [1.807, 2.05) is 31.2 Å². The molecule has 6 heteroatoms. The number of benzene rings is 1. The fraction of sp³-hybridized carbons (Fsp3) is 0.333. The molecule has 0 atom stereocenters. The van der Waals surface area contributed by atoms with E-state index in [4.69, 9.17) is 10.7 Å². The molecule has 0 aliphatic carbocycles. The molecule has 0 spiro atoms. The summed E-state index contributed by atoms with van der Waals surface area (Å²) in [6.07, 6.45) is 0.937. The number of anilines is 2. The minimum absolute atomic E-state index is 0.180. The van der Waals surface area contributed by atoms with Gasteiger partial charge in [0.15, 0.2) is 0 Å². The highest BCUT2D eigenvalue weighted by Gasteiger charge is 2.23. The van der Waals surface area contributed by atoms with E-state index in [0.717, 1.165) is 46.7 Å². The highest BCUT2D eigenvalue weighted by Crippen LogP contribution is 2.35. The van der Waals surface area contributed by atoms with Crippen molar-refractivity contribution >= 4 is 38.8 Å². The summed E-state index contributed by atoms with van der Waals surface area (Å²) < 4.78 is 0. The van der Waals surface area contributed by atoms with Gasteiger partial charge in [0.2, 0.25) is 0 Å². The van der Waals surface area contributed by atoms with Crippen LogP contribution in [0.5, 0.6) is 0 Å². The van der Waals surface area contributed by atoms with Crippen LogP contribution in [-0.4, -0.2) is 28.4 Å². The van der Waals surface area contributed by atoms with Gasteiger partial charge in [0.25, 0.3) is 5.91 Å². The molecular weight excluding hydrogens is 356 g/mol. The Morgan fingerprint density at radius 1 is 1.30 bits per heavy atom. The van der Waals surface area contributed by atoms with E-state index in [9.17, 15) is 4.79 Å². The van der Waals surface area contributed by atoms with E-state index < -0.39 is 0 Å². The number of aromatic nitrogens is 1. The molecule has 2 aromatic heterocycles. The molecule has 3 heterocycles. The molecule has 0 saturated carbocycles. The van der Waals surface area contributed by atoms with Crippen molar-refractivity contribution in [3.63, 3.8) is 0 Å². The molecule has 1 amide bonds. The second-order valence-corrected chi connectivity index (χ2v) is 8.43.